The van der Waals surface area contributed by atoms with Crippen LogP contribution in [0.4, 0.5) is 0 Å². The summed E-state index contributed by atoms with van der Waals surface area (Å²) in [6.45, 7) is -0.0177. The molecule has 4 nitrogen and oxygen atoms in total. The Morgan fingerprint density at radius 1 is 1.21 bits per heavy atom. The van der Waals surface area contributed by atoms with E-state index in [1.54, 1.807) is 42.5 Å². The number of benzene rings is 2. The van der Waals surface area contributed by atoms with Gasteiger partial charge in [-0.05, 0) is 29.8 Å². The number of nitrogens with two attached hydrogens (primary N) is 1. The second-order valence-electron chi connectivity index (χ2n) is 3.96. The summed E-state index contributed by atoms with van der Waals surface area (Å²) in [5.74, 6) is 0.928. The number of aliphatic hydroxyl groups is 1. The van der Waals surface area contributed by atoms with Crippen LogP contribution in [0.2, 0.25) is 5.02 Å². The zero-order valence-corrected chi connectivity index (χ0v) is 10.8. The minimum Gasteiger partial charge on any atom is -0.457 e. The zero-order chi connectivity index (χ0) is 13.8. The lowest BCUT2D eigenvalue weighted by atomic mass is 10.2. The lowest BCUT2D eigenvalue weighted by Gasteiger charge is -2.11. The van der Waals surface area contributed by atoms with Gasteiger partial charge in [0.1, 0.15) is 17.3 Å². The largest absolute Gasteiger partial charge is 0.457 e. The van der Waals surface area contributed by atoms with Crippen molar-refractivity contribution in [2.24, 2.45) is 5.73 Å². The average Bonchev–Trinajstić information content (AvgIpc) is 2.39. The van der Waals surface area contributed by atoms with E-state index in [1.165, 1.54) is 0 Å². The van der Waals surface area contributed by atoms with Gasteiger partial charge in [0.15, 0.2) is 0 Å². The molecule has 0 bridgehead atoms. The maximum Gasteiger partial charge on any atom is 0.139 e. The number of ether oxygens (including phenoxy) is 1. The van der Waals surface area contributed by atoms with Gasteiger partial charge in [-0.2, -0.15) is 0 Å². The number of aliphatic hydroxyl groups excluding tert-OH is 1. The van der Waals surface area contributed by atoms with Crippen LogP contribution >= 0.6 is 11.6 Å². The predicted molar refractivity (Wildman–Crippen MR) is 74.9 cm³/mol. The third-order valence-electron chi connectivity index (χ3n) is 2.57. The van der Waals surface area contributed by atoms with Gasteiger partial charge in [-0.3, -0.25) is 5.41 Å². The highest BCUT2D eigenvalue weighted by atomic mass is 35.5. The van der Waals surface area contributed by atoms with Crippen molar-refractivity contribution >= 4 is 17.4 Å². The van der Waals surface area contributed by atoms with Crippen LogP contribution in [0, 0.1) is 5.41 Å². The molecule has 0 amide bonds. The van der Waals surface area contributed by atoms with Gasteiger partial charge < -0.3 is 15.6 Å². The Balaban J connectivity index is 2.31. The first kappa shape index (κ1) is 13.4. The van der Waals surface area contributed by atoms with E-state index in [0.29, 0.717) is 22.1 Å². The van der Waals surface area contributed by atoms with Crippen LogP contribution in [0.15, 0.2) is 42.5 Å². The molecular weight excluding hydrogens is 264 g/mol. The maximum absolute atomic E-state index is 8.97. The first-order valence-electron chi connectivity index (χ1n) is 5.62. The molecule has 19 heavy (non-hydrogen) atoms. The van der Waals surface area contributed by atoms with Gasteiger partial charge >= 0.3 is 0 Å². The van der Waals surface area contributed by atoms with E-state index in [9.17, 15) is 0 Å². The Bertz CT molecular complexity index is 597. The maximum atomic E-state index is 8.97. The van der Waals surface area contributed by atoms with E-state index in [4.69, 9.17) is 32.6 Å². The minimum absolute atomic E-state index is 0.0177. The second-order valence-corrected chi connectivity index (χ2v) is 4.39. The third-order valence-corrected chi connectivity index (χ3v) is 2.80. The highest BCUT2D eigenvalue weighted by molar-refractivity contribution is 6.30. The standard InChI is InChI=1S/C14H13ClN2O2/c15-10-3-6-12(14(16)17)13(7-10)19-11-4-1-9(8-18)2-5-11/h1-7,18H,8H2,(H3,16,17). The fourth-order valence-corrected chi connectivity index (χ4v) is 1.76. The number of rotatable bonds is 4. The van der Waals surface area contributed by atoms with Gasteiger partial charge in [0.25, 0.3) is 0 Å². The second kappa shape index (κ2) is 5.73. The zero-order valence-electron chi connectivity index (χ0n) is 10.1. The molecule has 98 valence electrons. The van der Waals surface area contributed by atoms with Crippen molar-refractivity contribution < 1.29 is 9.84 Å². The summed E-state index contributed by atoms with van der Waals surface area (Å²) < 4.78 is 5.66. The number of nitrogen functional groups attached to an aromatic ring is 1. The molecule has 0 aliphatic heterocycles. The number of nitrogens with one attached hydrogen (secondary N) is 1. The Morgan fingerprint density at radius 3 is 2.47 bits per heavy atom. The van der Waals surface area contributed by atoms with Crippen molar-refractivity contribution in [1.82, 2.24) is 0 Å². The normalized spacial score (nSPS) is 10.2. The van der Waals surface area contributed by atoms with Crippen LogP contribution in [0.3, 0.4) is 0 Å². The molecule has 0 saturated carbocycles. The molecule has 0 saturated heterocycles. The van der Waals surface area contributed by atoms with E-state index < -0.39 is 0 Å². The monoisotopic (exact) mass is 276 g/mol. The summed E-state index contributed by atoms with van der Waals surface area (Å²) in [5.41, 5.74) is 6.77. The Hall–Kier alpha value is -2.04. The van der Waals surface area contributed by atoms with Crippen LogP contribution in [-0.4, -0.2) is 10.9 Å². The van der Waals surface area contributed by atoms with Crippen LogP contribution in [-0.2, 0) is 6.61 Å². The molecule has 0 aliphatic rings. The van der Waals surface area contributed by atoms with Crippen molar-refractivity contribution in [2.75, 3.05) is 0 Å². The third kappa shape index (κ3) is 3.24. The van der Waals surface area contributed by atoms with Gasteiger partial charge in [-0.1, -0.05) is 23.7 Å². The summed E-state index contributed by atoms with van der Waals surface area (Å²) in [5, 5.41) is 17.0. The minimum atomic E-state index is -0.0846. The summed E-state index contributed by atoms with van der Waals surface area (Å²) in [4.78, 5) is 0. The Kier molecular flexibility index (Phi) is 4.04. The molecule has 2 aromatic rings. The van der Waals surface area contributed by atoms with Gasteiger partial charge in [0.2, 0.25) is 0 Å². The summed E-state index contributed by atoms with van der Waals surface area (Å²) in [7, 11) is 0. The topological polar surface area (TPSA) is 79.3 Å². The van der Waals surface area contributed by atoms with Gasteiger partial charge in [0, 0.05) is 11.1 Å². The lowest BCUT2D eigenvalue weighted by molar-refractivity contribution is 0.281. The molecule has 2 rings (SSSR count). The molecule has 0 atom stereocenters. The average molecular weight is 277 g/mol. The summed E-state index contributed by atoms with van der Waals surface area (Å²) in [6.07, 6.45) is 0. The Labute approximate surface area is 115 Å². The van der Waals surface area contributed by atoms with Crippen molar-refractivity contribution in [3.63, 3.8) is 0 Å². The number of hydrogen-bond donors (Lipinski definition) is 3. The van der Waals surface area contributed by atoms with Crippen molar-refractivity contribution in [2.45, 2.75) is 6.61 Å². The molecule has 0 spiro atoms. The molecule has 0 fully saturated rings. The quantitative estimate of drug-likeness (QED) is 0.593. The molecule has 0 aliphatic carbocycles. The van der Waals surface area contributed by atoms with E-state index in [1.807, 2.05) is 0 Å². The van der Waals surface area contributed by atoms with Crippen molar-refractivity contribution in [3.8, 4) is 11.5 Å². The Morgan fingerprint density at radius 2 is 1.89 bits per heavy atom. The van der Waals surface area contributed by atoms with E-state index >= 15 is 0 Å². The highest BCUT2D eigenvalue weighted by Gasteiger charge is 2.08. The van der Waals surface area contributed by atoms with E-state index in [2.05, 4.69) is 0 Å². The first-order valence-corrected chi connectivity index (χ1v) is 5.99. The smallest absolute Gasteiger partial charge is 0.139 e. The van der Waals surface area contributed by atoms with Gasteiger partial charge in [-0.25, -0.2) is 0 Å². The fraction of sp³-hybridized carbons (Fsp3) is 0.0714. The molecule has 0 radical (unpaired) electrons. The molecule has 5 heteroatoms. The molecule has 0 heterocycles. The van der Waals surface area contributed by atoms with Gasteiger partial charge in [0.05, 0.1) is 12.2 Å². The summed E-state index contributed by atoms with van der Waals surface area (Å²) >= 11 is 5.91. The van der Waals surface area contributed by atoms with E-state index in [0.717, 1.165) is 5.56 Å². The van der Waals surface area contributed by atoms with Gasteiger partial charge in [-0.15, -0.1) is 0 Å². The molecule has 4 N–H and O–H groups in total. The molecule has 0 unspecified atom stereocenters. The number of halogens is 1. The fourth-order valence-electron chi connectivity index (χ4n) is 1.59. The molecular formula is C14H13ClN2O2. The molecule has 0 aromatic heterocycles. The van der Waals surface area contributed by atoms with E-state index in [-0.39, 0.29) is 12.4 Å². The van der Waals surface area contributed by atoms with Crippen LogP contribution in [0.5, 0.6) is 11.5 Å². The molecule has 2 aromatic carbocycles. The van der Waals surface area contributed by atoms with Crippen LogP contribution in [0.25, 0.3) is 0 Å². The number of hydrogen-bond acceptors (Lipinski definition) is 3. The van der Waals surface area contributed by atoms with Crippen molar-refractivity contribution in [1.29, 1.82) is 5.41 Å². The summed E-state index contributed by atoms with van der Waals surface area (Å²) in [6, 6.07) is 11.9. The lowest BCUT2D eigenvalue weighted by Crippen LogP contribution is -2.12. The number of amidine groups is 1. The SMILES string of the molecule is N=C(N)c1ccc(Cl)cc1Oc1ccc(CO)cc1. The van der Waals surface area contributed by atoms with Crippen LogP contribution < -0.4 is 10.5 Å². The highest BCUT2D eigenvalue weighted by Crippen LogP contribution is 2.28. The van der Waals surface area contributed by atoms with Crippen molar-refractivity contribution in [3.05, 3.63) is 58.6 Å². The van der Waals surface area contributed by atoms with Crippen LogP contribution in [0.1, 0.15) is 11.1 Å². The predicted octanol–water partition coefficient (Wildman–Crippen LogP) is 2.91. The first-order chi connectivity index (χ1) is 9.10.